The van der Waals surface area contributed by atoms with Gasteiger partial charge in [0.1, 0.15) is 5.00 Å². The number of nitrogens with one attached hydrogen (secondary N) is 1. The van der Waals surface area contributed by atoms with Gasteiger partial charge >= 0.3 is 6.03 Å². The van der Waals surface area contributed by atoms with Gasteiger partial charge in [-0.25, -0.2) is 14.8 Å². The van der Waals surface area contributed by atoms with Gasteiger partial charge in [-0.1, -0.05) is 0 Å². The summed E-state index contributed by atoms with van der Waals surface area (Å²) in [6.07, 6.45) is 0. The highest BCUT2D eigenvalue weighted by Crippen LogP contribution is 2.18. The maximum Gasteiger partial charge on any atom is 0.346 e. The van der Waals surface area contributed by atoms with Crippen molar-refractivity contribution >= 4 is 22.4 Å². The molecule has 2 amide bonds. The highest BCUT2D eigenvalue weighted by atomic mass is 32.1. The molecule has 13 heavy (non-hydrogen) atoms. The van der Waals surface area contributed by atoms with Gasteiger partial charge in [-0.3, -0.25) is 10.2 Å². The summed E-state index contributed by atoms with van der Waals surface area (Å²) >= 11 is 1.38. The molecule has 0 saturated heterocycles. The molecule has 72 valence electrons. The van der Waals surface area contributed by atoms with Crippen molar-refractivity contribution in [1.29, 1.82) is 0 Å². The Labute approximate surface area is 80.3 Å². The van der Waals surface area contributed by atoms with Gasteiger partial charge in [-0.05, 0) is 6.92 Å². The van der Waals surface area contributed by atoms with Crippen LogP contribution >= 0.6 is 11.3 Å². The Balaban J connectivity index is 2.60. The number of carbonyl (C=O) groups is 1. The quantitative estimate of drug-likeness (QED) is 0.737. The number of hydrogen-bond donors (Lipinski definition) is 1. The maximum absolute atomic E-state index is 11.3. The van der Waals surface area contributed by atoms with Crippen LogP contribution in [-0.4, -0.2) is 30.2 Å². The summed E-state index contributed by atoms with van der Waals surface area (Å²) in [5, 5.41) is 4.51. The second-order valence-electron chi connectivity index (χ2n) is 2.38. The van der Waals surface area contributed by atoms with E-state index in [1.807, 2.05) is 6.92 Å². The smallest absolute Gasteiger partial charge is 0.296 e. The normalized spacial score (nSPS) is 9.77. The summed E-state index contributed by atoms with van der Waals surface area (Å²) in [4.78, 5) is 20.0. The summed E-state index contributed by atoms with van der Waals surface area (Å²) in [6, 6.07) is -0.310. The predicted octanol–water partition coefficient (Wildman–Crippen LogP) is 1.48. The molecule has 0 bridgehead atoms. The molecule has 1 N–H and O–H groups in total. The fourth-order valence-electron chi connectivity index (χ4n) is 0.681. The van der Waals surface area contributed by atoms with Gasteiger partial charge in [0.25, 0.3) is 0 Å². The third-order valence-corrected chi connectivity index (χ3v) is 2.37. The zero-order valence-corrected chi connectivity index (χ0v) is 8.51. The standard InChI is InChI=1S/C7H11N3O2S/c1-5-6(13-4-8-5)9-7(11)10(2)12-3/h4H,1-3H3,(H,9,11). The van der Waals surface area contributed by atoms with E-state index < -0.39 is 0 Å². The van der Waals surface area contributed by atoms with E-state index in [9.17, 15) is 4.79 Å². The van der Waals surface area contributed by atoms with E-state index in [-0.39, 0.29) is 6.03 Å². The number of anilines is 1. The van der Waals surface area contributed by atoms with Gasteiger partial charge in [0, 0.05) is 7.05 Å². The molecule has 0 fully saturated rings. The number of carbonyl (C=O) groups excluding carboxylic acids is 1. The van der Waals surface area contributed by atoms with E-state index in [1.165, 1.54) is 25.5 Å². The minimum absolute atomic E-state index is 0.310. The predicted molar refractivity (Wildman–Crippen MR) is 50.6 cm³/mol. The number of aromatic nitrogens is 1. The van der Waals surface area contributed by atoms with Crippen LogP contribution in [0, 0.1) is 6.92 Å². The van der Waals surface area contributed by atoms with E-state index in [0.29, 0.717) is 0 Å². The molecule has 1 aromatic heterocycles. The molecule has 1 rings (SSSR count). The molecule has 1 aromatic rings. The van der Waals surface area contributed by atoms with Crippen LogP contribution in [0.2, 0.25) is 0 Å². The highest BCUT2D eigenvalue weighted by molar-refractivity contribution is 7.14. The summed E-state index contributed by atoms with van der Waals surface area (Å²) in [5.74, 6) is 0. The van der Waals surface area contributed by atoms with Gasteiger partial charge in [-0.15, -0.1) is 11.3 Å². The van der Waals surface area contributed by atoms with E-state index >= 15 is 0 Å². The van der Waals surface area contributed by atoms with E-state index in [0.717, 1.165) is 15.8 Å². The van der Waals surface area contributed by atoms with E-state index in [4.69, 9.17) is 4.84 Å². The molecule has 0 aliphatic carbocycles. The van der Waals surface area contributed by atoms with Crippen molar-refractivity contribution in [3.05, 3.63) is 11.2 Å². The summed E-state index contributed by atoms with van der Waals surface area (Å²) in [5.41, 5.74) is 2.49. The van der Waals surface area contributed by atoms with E-state index in [1.54, 1.807) is 5.51 Å². The number of hydrogen-bond acceptors (Lipinski definition) is 4. The zero-order valence-electron chi connectivity index (χ0n) is 7.70. The number of thiazole rings is 1. The number of nitrogens with zero attached hydrogens (tertiary/aromatic N) is 2. The lowest BCUT2D eigenvalue weighted by Gasteiger charge is -2.13. The van der Waals surface area contributed by atoms with Crippen LogP contribution in [0.1, 0.15) is 5.69 Å². The first-order valence-corrected chi connectivity index (χ1v) is 4.52. The third kappa shape index (κ3) is 2.40. The van der Waals surface area contributed by atoms with Gasteiger partial charge in [0.2, 0.25) is 0 Å². The average molecular weight is 201 g/mol. The number of hydroxylamine groups is 2. The fraction of sp³-hybridized carbons (Fsp3) is 0.429. The average Bonchev–Trinajstić information content (AvgIpc) is 2.50. The Kier molecular flexibility index (Phi) is 3.21. The Morgan fingerprint density at radius 3 is 2.92 bits per heavy atom. The second-order valence-corrected chi connectivity index (χ2v) is 3.23. The molecule has 0 atom stereocenters. The van der Waals surface area contributed by atoms with Gasteiger partial charge in [0.15, 0.2) is 0 Å². The molecular formula is C7H11N3O2S. The van der Waals surface area contributed by atoms with Crippen LogP contribution in [0.5, 0.6) is 0 Å². The first-order chi connectivity index (χ1) is 6.15. The van der Waals surface area contributed by atoms with Gasteiger partial charge in [-0.2, -0.15) is 0 Å². The summed E-state index contributed by atoms with van der Waals surface area (Å²) in [6.45, 7) is 1.83. The lowest BCUT2D eigenvalue weighted by Crippen LogP contribution is -2.30. The minimum atomic E-state index is -0.310. The number of rotatable bonds is 2. The molecule has 6 heteroatoms. The highest BCUT2D eigenvalue weighted by Gasteiger charge is 2.10. The largest absolute Gasteiger partial charge is 0.346 e. The van der Waals surface area contributed by atoms with Crippen molar-refractivity contribution in [2.75, 3.05) is 19.5 Å². The molecule has 1 heterocycles. The topological polar surface area (TPSA) is 54.5 Å². The van der Waals surface area contributed by atoms with Crippen LogP contribution in [0.15, 0.2) is 5.51 Å². The van der Waals surface area contributed by atoms with Crippen molar-refractivity contribution in [2.45, 2.75) is 6.92 Å². The van der Waals surface area contributed by atoms with Crippen LogP contribution in [-0.2, 0) is 4.84 Å². The molecule has 0 aromatic carbocycles. The van der Waals surface area contributed by atoms with E-state index in [2.05, 4.69) is 10.3 Å². The lowest BCUT2D eigenvalue weighted by atomic mass is 10.5. The number of amides is 2. The SMILES string of the molecule is CON(C)C(=O)Nc1scnc1C. The second kappa shape index (κ2) is 4.20. The van der Waals surface area contributed by atoms with Crippen molar-refractivity contribution < 1.29 is 9.63 Å². The summed E-state index contributed by atoms with van der Waals surface area (Å²) in [7, 11) is 2.96. The Bertz CT molecular complexity index is 300. The van der Waals surface area contributed by atoms with Crippen LogP contribution in [0.3, 0.4) is 0 Å². The Morgan fingerprint density at radius 1 is 1.77 bits per heavy atom. The molecular weight excluding hydrogens is 190 g/mol. The minimum Gasteiger partial charge on any atom is -0.296 e. The molecule has 0 saturated carbocycles. The van der Waals surface area contributed by atoms with Gasteiger partial charge < -0.3 is 0 Å². The first kappa shape index (κ1) is 9.94. The number of aryl methyl sites for hydroxylation is 1. The Morgan fingerprint density at radius 2 is 2.46 bits per heavy atom. The van der Waals surface area contributed by atoms with Crippen molar-refractivity contribution in [3.8, 4) is 0 Å². The monoisotopic (exact) mass is 201 g/mol. The van der Waals surface area contributed by atoms with Crippen LogP contribution < -0.4 is 5.32 Å². The zero-order chi connectivity index (χ0) is 9.84. The molecule has 5 nitrogen and oxygen atoms in total. The molecule has 0 unspecified atom stereocenters. The van der Waals surface area contributed by atoms with Gasteiger partial charge in [0.05, 0.1) is 18.3 Å². The third-order valence-electron chi connectivity index (χ3n) is 1.53. The first-order valence-electron chi connectivity index (χ1n) is 3.64. The fourth-order valence-corrected chi connectivity index (χ4v) is 1.37. The Hall–Kier alpha value is -1.14. The summed E-state index contributed by atoms with van der Waals surface area (Å²) < 4.78 is 0. The van der Waals surface area contributed by atoms with Crippen LogP contribution in [0.4, 0.5) is 9.80 Å². The molecule has 0 spiro atoms. The maximum atomic E-state index is 11.3. The molecule has 0 aliphatic rings. The van der Waals surface area contributed by atoms with Crippen molar-refractivity contribution in [2.24, 2.45) is 0 Å². The number of urea groups is 1. The van der Waals surface area contributed by atoms with Crippen molar-refractivity contribution in [1.82, 2.24) is 10.0 Å². The molecule has 0 aliphatic heterocycles. The molecule has 0 radical (unpaired) electrons. The lowest BCUT2D eigenvalue weighted by molar-refractivity contribution is -0.0597. The van der Waals surface area contributed by atoms with Crippen molar-refractivity contribution in [3.63, 3.8) is 0 Å². The van der Waals surface area contributed by atoms with Crippen LogP contribution in [0.25, 0.3) is 0 Å².